The van der Waals surface area contributed by atoms with E-state index in [9.17, 15) is 17.2 Å². The molecule has 1 fully saturated rings. The van der Waals surface area contributed by atoms with E-state index in [1.54, 1.807) is 30.3 Å². The van der Waals surface area contributed by atoms with Gasteiger partial charge in [0.1, 0.15) is 12.0 Å². The fourth-order valence-corrected chi connectivity index (χ4v) is 234. The molecule has 60 heavy (non-hydrogen) atoms. The molecule has 2 aromatic heterocycles. The van der Waals surface area contributed by atoms with Gasteiger partial charge in [-0.25, -0.2) is 27.2 Å². The van der Waals surface area contributed by atoms with Crippen molar-refractivity contribution in [1.29, 1.82) is 0 Å². The standard InChI is InChI=1S/C27H28F2N6O4S.H22P20/c1-16(28)13-31-14-17-2-7-21(22(29)12-17)26-34-35-27(39-26)24-25(30)32-15-23(33-24)18-3-5-19(6-4-18)40(36,37)20-8-10-38-11-9-20;1-12(2)17(11)20(18(13(3)4)14(5)6)19(15(7)8)16(9)10/h2-7,12,15-16,20,31H,8-11,13-14H2,1H3,(H2,30,32);1-11H2. The molecule has 10 nitrogen and oxygen atoms in total. The number of hydrogen-bond acceptors (Lipinski definition) is 10. The van der Waals surface area contributed by atoms with Gasteiger partial charge in [-0.1, -0.05) is 18.2 Å². The molecule has 33 heteroatoms. The Bertz CT molecular complexity index is 2060. The van der Waals surface area contributed by atoms with Crippen LogP contribution in [-0.2, 0) is 21.1 Å². The van der Waals surface area contributed by atoms with Gasteiger partial charge < -0.3 is 20.2 Å². The summed E-state index contributed by atoms with van der Waals surface area (Å²) < 4.78 is 64.7. The molecule has 0 saturated carbocycles. The lowest BCUT2D eigenvalue weighted by molar-refractivity contribution is 0.0983. The fourth-order valence-electron chi connectivity index (χ4n) is 5.31. The summed E-state index contributed by atoms with van der Waals surface area (Å²) in [7, 11) is 31.2. The van der Waals surface area contributed by atoms with Crippen LogP contribution in [0.2, 0.25) is 0 Å². The minimum Gasteiger partial charge on any atom is -0.414 e. The highest BCUT2D eigenvalue weighted by molar-refractivity contribution is 9.36. The summed E-state index contributed by atoms with van der Waals surface area (Å²) >= 11 is 0. The summed E-state index contributed by atoms with van der Waals surface area (Å²) in [4.78, 5) is 8.91. The van der Waals surface area contributed by atoms with E-state index in [1.807, 2.05) is 0 Å². The van der Waals surface area contributed by atoms with Crippen molar-refractivity contribution in [2.24, 2.45) is 0 Å². The molecular formula is C27H50F2N6O4P20S. The Morgan fingerprint density at radius 2 is 1.40 bits per heavy atom. The quantitative estimate of drug-likeness (QED) is 0.0980. The number of benzene rings is 2. The van der Waals surface area contributed by atoms with Crippen molar-refractivity contribution >= 4 is 177 Å². The van der Waals surface area contributed by atoms with Crippen molar-refractivity contribution in [1.82, 2.24) is 25.5 Å². The van der Waals surface area contributed by atoms with Crippen LogP contribution >= 0.6 is 161 Å². The number of nitrogen functional groups attached to an aromatic ring is 1. The van der Waals surface area contributed by atoms with Crippen LogP contribution in [0, 0.1) is 5.82 Å². The predicted molar refractivity (Wildman–Crippen MR) is 313 cm³/mol. The van der Waals surface area contributed by atoms with E-state index >= 15 is 0 Å². The maximum Gasteiger partial charge on any atom is 0.270 e. The fraction of sp³-hybridized carbons (Fsp3) is 0.333. The Hall–Kier alpha value is 4.79. The lowest BCUT2D eigenvalue weighted by Gasteiger charge is -2.45. The monoisotopic (exact) mass is 1210 g/mol. The molecule has 4 aromatic rings. The third-order valence-electron chi connectivity index (χ3n) is 8.10. The van der Waals surface area contributed by atoms with Gasteiger partial charge in [0, 0.05) is 31.9 Å². The van der Waals surface area contributed by atoms with Gasteiger partial charge >= 0.3 is 0 Å². The second kappa shape index (κ2) is 28.0. The number of aromatic nitrogens is 4. The van der Waals surface area contributed by atoms with Crippen LogP contribution in [0.3, 0.4) is 0 Å². The third kappa shape index (κ3) is 16.7. The number of nitrogens with two attached hydrogens (primary N) is 1. The Kier molecular flexibility index (Phi) is 26.8. The first-order chi connectivity index (χ1) is 28.2. The van der Waals surface area contributed by atoms with Gasteiger partial charge in [-0.05, 0) is 112 Å². The summed E-state index contributed by atoms with van der Waals surface area (Å²) in [6.07, 6.45) is 1.38. The molecule has 3 heterocycles. The van der Waals surface area contributed by atoms with Crippen LogP contribution in [0.1, 0.15) is 25.3 Å². The highest BCUT2D eigenvalue weighted by Gasteiger charge is 2.41. The highest BCUT2D eigenvalue weighted by atomic mass is 33.4. The minimum atomic E-state index is -3.48. The molecule has 0 spiro atoms. The number of sulfone groups is 1. The highest BCUT2D eigenvalue weighted by Crippen LogP contribution is 3.30. The van der Waals surface area contributed by atoms with Crippen LogP contribution in [0.4, 0.5) is 14.6 Å². The SMILES string of the molecule is CC(F)CNCc1ccc(-c2nnc(-c3nc(-c4ccc(S(=O)(=O)C5CCOCC5)cc4)cnc3N)o2)c(F)c1.PP(P)P(P)P(P(P(P)P)P(P)P)P(P(P)P)P(P)P. The van der Waals surface area contributed by atoms with Crippen LogP contribution < -0.4 is 11.1 Å². The van der Waals surface area contributed by atoms with Crippen molar-refractivity contribution in [3.05, 3.63) is 60.0 Å². The smallest absolute Gasteiger partial charge is 0.270 e. The molecule has 332 valence electrons. The first kappa shape index (κ1) is 57.4. The molecule has 2 aromatic carbocycles. The van der Waals surface area contributed by atoms with Gasteiger partial charge in [0.15, 0.2) is 21.3 Å². The molecule has 5 rings (SSSR count). The summed E-state index contributed by atoms with van der Waals surface area (Å²) in [5.41, 5.74) is 7.88. The summed E-state index contributed by atoms with van der Waals surface area (Å²) in [5.74, 6) is -0.672. The van der Waals surface area contributed by atoms with Crippen molar-refractivity contribution in [3.63, 3.8) is 0 Å². The van der Waals surface area contributed by atoms with Crippen LogP contribution in [0.25, 0.3) is 34.3 Å². The number of anilines is 1. The maximum absolute atomic E-state index is 14.8. The van der Waals surface area contributed by atoms with E-state index in [0.29, 0.717) is 49.4 Å². The number of ether oxygens (including phenoxy) is 1. The molecule has 1 aliphatic rings. The van der Waals surface area contributed by atoms with Crippen LogP contribution in [0.15, 0.2) is 58.0 Å². The van der Waals surface area contributed by atoms with Crippen LogP contribution in [-0.4, -0.2) is 59.8 Å². The van der Waals surface area contributed by atoms with E-state index < -0.39 is 27.1 Å². The normalized spacial score (nSPS) is 15.2. The Balaban J connectivity index is 0.000000337. The van der Waals surface area contributed by atoms with Crippen molar-refractivity contribution in [2.75, 3.05) is 25.5 Å². The van der Waals surface area contributed by atoms with Gasteiger partial charge in [0.2, 0.25) is 0 Å². The largest absolute Gasteiger partial charge is 0.414 e. The molecule has 13 atom stereocenters. The predicted octanol–water partition coefficient (Wildman–Crippen LogP) is 15.3. The first-order valence-corrected chi connectivity index (χ1v) is 54.2. The van der Waals surface area contributed by atoms with Gasteiger partial charge in [0.05, 0.1) is 27.6 Å². The number of alkyl halides is 1. The maximum atomic E-state index is 14.8. The van der Waals surface area contributed by atoms with Crippen molar-refractivity contribution in [3.8, 4) is 34.3 Å². The zero-order chi connectivity index (χ0) is 44.5. The average molecular weight is 1210 g/mol. The lowest BCUT2D eigenvalue weighted by atomic mass is 10.1. The molecule has 0 bridgehead atoms. The number of halogens is 2. The number of rotatable bonds is 17. The molecule has 3 N–H and O–H groups in total. The van der Waals surface area contributed by atoms with Crippen molar-refractivity contribution < 1.29 is 26.4 Å². The topological polar surface area (TPSA) is 146 Å². The molecule has 0 radical (unpaired) electrons. The van der Waals surface area contributed by atoms with E-state index in [-0.39, 0.29) is 103 Å². The summed E-state index contributed by atoms with van der Waals surface area (Å²) in [6, 6.07) is 10.9. The number of nitrogens with zero attached hydrogens (tertiary/aromatic N) is 4. The van der Waals surface area contributed by atoms with E-state index in [0.717, 1.165) is 0 Å². The molecule has 1 saturated heterocycles. The van der Waals surface area contributed by atoms with Gasteiger partial charge in [0.25, 0.3) is 11.8 Å². The molecule has 0 aliphatic carbocycles. The Labute approximate surface area is 388 Å². The molecule has 0 amide bonds. The van der Waals surface area contributed by atoms with Gasteiger partial charge in [-0.3, -0.25) is 0 Å². The van der Waals surface area contributed by atoms with Crippen molar-refractivity contribution in [2.45, 2.75) is 42.6 Å². The molecule has 1 aliphatic heterocycles. The lowest BCUT2D eigenvalue weighted by Crippen LogP contribution is -2.28. The van der Waals surface area contributed by atoms with E-state index in [1.165, 1.54) is 25.3 Å². The second-order valence-electron chi connectivity index (χ2n) is 12.5. The Morgan fingerprint density at radius 3 is 1.92 bits per heavy atom. The van der Waals surface area contributed by atoms with Gasteiger partial charge in [-0.15, -0.1) is 108 Å². The Morgan fingerprint density at radius 1 is 0.833 bits per heavy atom. The summed E-state index contributed by atoms with van der Waals surface area (Å²) in [6.45, 7) is 3.39. The zero-order valence-electron chi connectivity index (χ0n) is 32.1. The van der Waals surface area contributed by atoms with E-state index in [4.69, 9.17) is 14.9 Å². The number of hydrogen-bond donors (Lipinski definition) is 2. The average Bonchev–Trinajstić information content (AvgIpc) is 3.67. The third-order valence-corrected chi connectivity index (χ3v) is 136. The molecular weight excluding hydrogens is 1160 g/mol. The summed E-state index contributed by atoms with van der Waals surface area (Å²) in [5, 5.41) is 10.4. The minimum absolute atomic E-state index is 0.0247. The van der Waals surface area contributed by atoms with Gasteiger partial charge in [-0.2, -0.15) is 0 Å². The van der Waals surface area contributed by atoms with E-state index in [2.05, 4.69) is 124 Å². The first-order valence-electron chi connectivity index (χ1n) is 17.2. The van der Waals surface area contributed by atoms with Crippen LogP contribution in [0.5, 0.6) is 0 Å². The second-order valence-corrected chi connectivity index (χ2v) is 93.4. The number of nitrogens with one attached hydrogen (secondary N) is 1. The molecule has 13 unspecified atom stereocenters. The zero-order valence-corrected chi connectivity index (χ0v) is 53.6.